The molecule has 0 spiro atoms. The van der Waals surface area contributed by atoms with E-state index < -0.39 is 0 Å². The number of hydrogen-bond acceptors (Lipinski definition) is 2. The predicted octanol–water partition coefficient (Wildman–Crippen LogP) is 6.26. The maximum absolute atomic E-state index is 4.48. The molecule has 0 radical (unpaired) electrons. The van der Waals surface area contributed by atoms with Crippen molar-refractivity contribution in [1.29, 1.82) is 0 Å². The Morgan fingerprint density at radius 3 is 2.19 bits per heavy atom. The number of para-hydroxylation sites is 1. The van der Waals surface area contributed by atoms with E-state index in [1.54, 1.807) is 0 Å². The summed E-state index contributed by atoms with van der Waals surface area (Å²) in [6.07, 6.45) is 3.89. The number of rotatable bonds is 6. The lowest BCUT2D eigenvalue weighted by Gasteiger charge is -2.30. The Morgan fingerprint density at radius 2 is 1.54 bits per heavy atom. The van der Waals surface area contributed by atoms with Gasteiger partial charge in [0.1, 0.15) is 0 Å². The molecular formula is C23H28N2S. The summed E-state index contributed by atoms with van der Waals surface area (Å²) in [5, 5.41) is 3.52. The summed E-state index contributed by atoms with van der Waals surface area (Å²) in [6, 6.07) is 16.8. The number of hydrogen-bond donors (Lipinski definition) is 1. The molecule has 0 bridgehead atoms. The number of anilines is 1. The highest BCUT2D eigenvalue weighted by Gasteiger charge is 2.16. The molecule has 1 atom stereocenters. The van der Waals surface area contributed by atoms with E-state index in [-0.39, 0.29) is 10.7 Å². The van der Waals surface area contributed by atoms with Crippen LogP contribution in [-0.2, 0) is 0 Å². The Balaban J connectivity index is 1.78. The maximum Gasteiger partial charge on any atom is 0.0530 e. The van der Waals surface area contributed by atoms with Crippen LogP contribution in [0.3, 0.4) is 0 Å². The van der Waals surface area contributed by atoms with E-state index in [1.165, 1.54) is 24.2 Å². The van der Waals surface area contributed by atoms with Crippen molar-refractivity contribution < 1.29 is 0 Å². The second-order valence-electron chi connectivity index (χ2n) is 6.81. The Labute approximate surface area is 160 Å². The van der Waals surface area contributed by atoms with Crippen LogP contribution >= 0.6 is 10.7 Å². The highest BCUT2D eigenvalue weighted by atomic mass is 32.2. The SMILES string of the molecule is C=C(C)c1ccc(C(=C)Nc2ccccc2S(=C)N2CCCCC2)cc1. The minimum absolute atomic E-state index is 0.146. The zero-order chi connectivity index (χ0) is 18.5. The van der Waals surface area contributed by atoms with Gasteiger partial charge in [-0.3, -0.25) is 4.31 Å². The second-order valence-corrected chi connectivity index (χ2v) is 8.50. The first-order valence-electron chi connectivity index (χ1n) is 9.16. The van der Waals surface area contributed by atoms with Gasteiger partial charge in [0.05, 0.1) is 5.69 Å². The third-order valence-electron chi connectivity index (χ3n) is 4.78. The topological polar surface area (TPSA) is 15.3 Å². The molecule has 2 nitrogen and oxygen atoms in total. The smallest absolute Gasteiger partial charge is 0.0530 e. The zero-order valence-electron chi connectivity index (χ0n) is 15.6. The number of piperidine rings is 1. The standard InChI is InChI=1S/C23H28N2S/c1-18(2)20-12-14-21(15-13-20)19(3)24-22-10-6-7-11-23(22)26(4)25-16-8-5-9-17-25/h6-7,10-15,24H,1,3-5,8-9,16-17H2,2H3. The molecule has 1 fully saturated rings. The molecule has 1 unspecified atom stereocenters. The molecule has 3 rings (SSSR count). The lowest BCUT2D eigenvalue weighted by atomic mass is 10.1. The summed E-state index contributed by atoms with van der Waals surface area (Å²) in [5.74, 6) is 4.48. The first kappa shape index (κ1) is 18.7. The molecule has 0 aliphatic carbocycles. The summed E-state index contributed by atoms with van der Waals surface area (Å²) in [4.78, 5) is 1.26. The zero-order valence-corrected chi connectivity index (χ0v) is 16.4. The van der Waals surface area contributed by atoms with E-state index in [2.05, 4.69) is 77.2 Å². The molecule has 1 N–H and O–H groups in total. The molecule has 3 heteroatoms. The number of nitrogens with zero attached hydrogens (tertiary/aromatic N) is 1. The van der Waals surface area contributed by atoms with Crippen LogP contribution in [0.1, 0.15) is 37.3 Å². The van der Waals surface area contributed by atoms with Crippen molar-refractivity contribution in [3.63, 3.8) is 0 Å². The summed E-state index contributed by atoms with van der Waals surface area (Å²) in [5.41, 5.74) is 5.33. The van der Waals surface area contributed by atoms with Gasteiger partial charge in [-0.1, -0.05) is 78.1 Å². The number of allylic oxidation sites excluding steroid dienone is 1. The lowest BCUT2D eigenvalue weighted by Crippen LogP contribution is -2.24. The molecule has 1 aliphatic rings. The second kappa shape index (κ2) is 8.52. The summed E-state index contributed by atoms with van der Waals surface area (Å²) in [6.45, 7) is 12.5. The number of benzene rings is 2. The molecule has 1 saturated heterocycles. The van der Waals surface area contributed by atoms with E-state index in [0.29, 0.717) is 0 Å². The Morgan fingerprint density at radius 1 is 0.923 bits per heavy atom. The molecule has 1 aliphatic heterocycles. The highest BCUT2D eigenvalue weighted by molar-refractivity contribution is 8.12. The van der Waals surface area contributed by atoms with Gasteiger partial charge in [0, 0.05) is 23.7 Å². The monoisotopic (exact) mass is 364 g/mol. The van der Waals surface area contributed by atoms with Gasteiger partial charge in [-0.05, 0) is 43.0 Å². The van der Waals surface area contributed by atoms with Crippen LogP contribution in [0, 0.1) is 0 Å². The summed E-state index contributed by atoms with van der Waals surface area (Å²) < 4.78 is 2.51. The van der Waals surface area contributed by atoms with E-state index >= 15 is 0 Å². The van der Waals surface area contributed by atoms with Gasteiger partial charge >= 0.3 is 0 Å². The van der Waals surface area contributed by atoms with Gasteiger partial charge in [0.2, 0.25) is 0 Å². The fourth-order valence-electron chi connectivity index (χ4n) is 3.19. The average Bonchev–Trinajstić information content (AvgIpc) is 2.68. The van der Waals surface area contributed by atoms with Gasteiger partial charge in [0.15, 0.2) is 0 Å². The first-order valence-corrected chi connectivity index (χ1v) is 10.5. The highest BCUT2D eigenvalue weighted by Crippen LogP contribution is 2.37. The molecule has 0 aromatic heterocycles. The van der Waals surface area contributed by atoms with Crippen molar-refractivity contribution in [3.8, 4) is 0 Å². The van der Waals surface area contributed by atoms with Crippen LogP contribution in [0.2, 0.25) is 0 Å². The minimum atomic E-state index is -0.146. The van der Waals surface area contributed by atoms with Crippen molar-refractivity contribution in [3.05, 3.63) is 72.8 Å². The third kappa shape index (κ3) is 4.35. The van der Waals surface area contributed by atoms with Gasteiger partial charge in [-0.25, -0.2) is 0 Å². The average molecular weight is 365 g/mol. The molecule has 26 heavy (non-hydrogen) atoms. The van der Waals surface area contributed by atoms with Gasteiger partial charge in [-0.2, -0.15) is 0 Å². The quantitative estimate of drug-likeness (QED) is 0.608. The molecule has 2 aromatic carbocycles. The lowest BCUT2D eigenvalue weighted by molar-refractivity contribution is 0.380. The fraction of sp³-hybridized carbons (Fsp3) is 0.261. The predicted molar refractivity (Wildman–Crippen MR) is 119 cm³/mol. The number of nitrogens with one attached hydrogen (secondary N) is 1. The van der Waals surface area contributed by atoms with Crippen LogP contribution in [-0.4, -0.2) is 23.3 Å². The minimum Gasteiger partial charge on any atom is -0.355 e. The largest absolute Gasteiger partial charge is 0.355 e. The van der Waals surface area contributed by atoms with E-state index in [0.717, 1.165) is 41.2 Å². The Hall–Kier alpha value is -2.10. The molecule has 0 saturated carbocycles. The molecular weight excluding hydrogens is 336 g/mol. The van der Waals surface area contributed by atoms with Crippen molar-refractivity contribution in [1.82, 2.24) is 4.31 Å². The van der Waals surface area contributed by atoms with Gasteiger partial charge in [0.25, 0.3) is 0 Å². The maximum atomic E-state index is 4.48. The van der Waals surface area contributed by atoms with Crippen molar-refractivity contribution in [2.24, 2.45) is 0 Å². The molecule has 0 amide bonds. The first-order chi connectivity index (χ1) is 12.6. The summed E-state index contributed by atoms with van der Waals surface area (Å²) in [7, 11) is -0.146. The van der Waals surface area contributed by atoms with Crippen LogP contribution in [0.4, 0.5) is 5.69 Å². The Bertz CT molecular complexity index is 814. The molecule has 1 heterocycles. The van der Waals surface area contributed by atoms with Gasteiger partial charge < -0.3 is 5.32 Å². The summed E-state index contributed by atoms with van der Waals surface area (Å²) >= 11 is 0. The van der Waals surface area contributed by atoms with Crippen LogP contribution in [0.15, 0.2) is 66.6 Å². The van der Waals surface area contributed by atoms with E-state index in [4.69, 9.17) is 0 Å². The van der Waals surface area contributed by atoms with E-state index in [9.17, 15) is 0 Å². The van der Waals surface area contributed by atoms with Crippen molar-refractivity contribution in [2.45, 2.75) is 31.1 Å². The van der Waals surface area contributed by atoms with Crippen molar-refractivity contribution in [2.75, 3.05) is 18.4 Å². The Kier molecular flexibility index (Phi) is 6.12. The van der Waals surface area contributed by atoms with Gasteiger partial charge in [-0.15, -0.1) is 0 Å². The normalized spacial score (nSPS) is 16.0. The van der Waals surface area contributed by atoms with Crippen LogP contribution in [0.25, 0.3) is 11.3 Å². The van der Waals surface area contributed by atoms with Crippen molar-refractivity contribution >= 4 is 33.5 Å². The van der Waals surface area contributed by atoms with E-state index in [1.807, 2.05) is 6.92 Å². The molecule has 136 valence electrons. The fourth-order valence-corrected chi connectivity index (χ4v) is 4.78. The third-order valence-corrected chi connectivity index (χ3v) is 6.63. The van der Waals surface area contributed by atoms with Crippen LogP contribution < -0.4 is 5.32 Å². The van der Waals surface area contributed by atoms with Crippen LogP contribution in [0.5, 0.6) is 0 Å². The molecule has 2 aromatic rings.